The van der Waals surface area contributed by atoms with Crippen LogP contribution in [0.5, 0.6) is 0 Å². The van der Waals surface area contributed by atoms with Gasteiger partial charge in [0.2, 0.25) is 5.91 Å². The Balaban J connectivity index is 1.56. The molecule has 1 N–H and O–H groups in total. The van der Waals surface area contributed by atoms with Crippen LogP contribution in [0.15, 0.2) is 29.3 Å². The largest absolute Gasteiger partial charge is 0.325 e. The average Bonchev–Trinajstić information content (AvgIpc) is 3.06. The highest BCUT2D eigenvalue weighted by atomic mass is 32.2. The normalized spacial score (nSPS) is 13.6. The van der Waals surface area contributed by atoms with Gasteiger partial charge in [-0.15, -0.1) is 11.3 Å². The van der Waals surface area contributed by atoms with E-state index in [4.69, 9.17) is 9.97 Å². The fraction of sp³-hybridized carbons (Fsp3) is 0.381. The number of aryl methyl sites for hydroxylation is 4. The number of carbonyl (C=O) groups excluding carboxylic acids is 1. The molecule has 1 aromatic carbocycles. The maximum Gasteiger partial charge on any atom is 0.234 e. The molecule has 3 aromatic rings. The molecule has 27 heavy (non-hydrogen) atoms. The zero-order valence-corrected chi connectivity index (χ0v) is 17.3. The van der Waals surface area contributed by atoms with Crippen LogP contribution in [0.1, 0.15) is 41.6 Å². The summed E-state index contributed by atoms with van der Waals surface area (Å²) in [6.07, 6.45) is 5.55. The molecule has 0 saturated carbocycles. The molecular weight excluding hydrogens is 374 g/mol. The Hall–Kier alpha value is -1.92. The summed E-state index contributed by atoms with van der Waals surface area (Å²) < 4.78 is 0. The number of carbonyl (C=O) groups is 1. The highest BCUT2D eigenvalue weighted by Gasteiger charge is 2.21. The lowest BCUT2D eigenvalue weighted by Gasteiger charge is -2.12. The molecule has 1 amide bonds. The molecule has 0 bridgehead atoms. The molecule has 0 fully saturated rings. The molecule has 0 atom stereocenters. The van der Waals surface area contributed by atoms with Crippen molar-refractivity contribution in [2.75, 3.05) is 11.1 Å². The lowest BCUT2D eigenvalue weighted by molar-refractivity contribution is -0.113. The van der Waals surface area contributed by atoms with Crippen LogP contribution in [0.2, 0.25) is 0 Å². The number of rotatable bonds is 5. The first kappa shape index (κ1) is 18.4. The van der Waals surface area contributed by atoms with E-state index in [0.29, 0.717) is 5.75 Å². The minimum absolute atomic E-state index is 0.00207. The van der Waals surface area contributed by atoms with Crippen molar-refractivity contribution in [3.63, 3.8) is 0 Å². The maximum atomic E-state index is 12.4. The Morgan fingerprint density at radius 1 is 1.19 bits per heavy atom. The van der Waals surface area contributed by atoms with E-state index < -0.39 is 0 Å². The number of nitrogens with one attached hydrogen (secondary N) is 1. The van der Waals surface area contributed by atoms with E-state index in [2.05, 4.69) is 12.2 Å². The molecule has 2 heterocycles. The molecule has 2 aromatic heterocycles. The van der Waals surface area contributed by atoms with Gasteiger partial charge in [-0.1, -0.05) is 36.4 Å². The predicted molar refractivity (Wildman–Crippen MR) is 114 cm³/mol. The van der Waals surface area contributed by atoms with Gasteiger partial charge in [-0.05, 0) is 50.3 Å². The molecule has 140 valence electrons. The molecule has 0 unspecified atom stereocenters. The van der Waals surface area contributed by atoms with Gasteiger partial charge in [0.15, 0.2) is 0 Å². The zero-order valence-electron chi connectivity index (χ0n) is 15.7. The van der Waals surface area contributed by atoms with Crippen molar-refractivity contribution in [3.8, 4) is 0 Å². The Bertz CT molecular complexity index is 979. The Kier molecular flexibility index (Phi) is 5.45. The number of hydrogen-bond acceptors (Lipinski definition) is 5. The molecule has 0 aliphatic heterocycles. The number of aromatic nitrogens is 2. The summed E-state index contributed by atoms with van der Waals surface area (Å²) >= 11 is 3.35. The summed E-state index contributed by atoms with van der Waals surface area (Å²) in [6, 6.07) is 7.88. The van der Waals surface area contributed by atoms with Gasteiger partial charge in [-0.25, -0.2) is 9.97 Å². The third-order valence-electron chi connectivity index (χ3n) is 4.82. The summed E-state index contributed by atoms with van der Waals surface area (Å²) in [5.41, 5.74) is 3.44. The summed E-state index contributed by atoms with van der Waals surface area (Å²) in [6.45, 7) is 4.11. The van der Waals surface area contributed by atoms with E-state index in [9.17, 15) is 4.79 Å². The number of nitrogens with zero attached hydrogens (tertiary/aromatic N) is 2. The van der Waals surface area contributed by atoms with E-state index in [1.54, 1.807) is 0 Å². The Morgan fingerprint density at radius 2 is 1.96 bits per heavy atom. The summed E-state index contributed by atoms with van der Waals surface area (Å²) in [5, 5.41) is 5.13. The molecule has 6 heteroatoms. The van der Waals surface area contributed by atoms with Crippen molar-refractivity contribution in [1.82, 2.24) is 9.97 Å². The van der Waals surface area contributed by atoms with Crippen molar-refractivity contribution < 1.29 is 4.79 Å². The smallest absolute Gasteiger partial charge is 0.234 e. The van der Waals surface area contributed by atoms with E-state index in [0.717, 1.165) is 40.6 Å². The van der Waals surface area contributed by atoms with Gasteiger partial charge in [-0.3, -0.25) is 4.79 Å². The van der Waals surface area contributed by atoms with Crippen molar-refractivity contribution in [2.24, 2.45) is 0 Å². The maximum absolute atomic E-state index is 12.4. The number of fused-ring (bicyclic) bond motifs is 3. The van der Waals surface area contributed by atoms with Gasteiger partial charge in [0, 0.05) is 22.4 Å². The number of anilines is 1. The van der Waals surface area contributed by atoms with Crippen LogP contribution in [0.25, 0.3) is 10.2 Å². The van der Waals surface area contributed by atoms with Crippen LogP contribution in [0.4, 0.5) is 5.69 Å². The summed E-state index contributed by atoms with van der Waals surface area (Å²) in [7, 11) is 0. The highest BCUT2D eigenvalue weighted by molar-refractivity contribution is 8.00. The van der Waals surface area contributed by atoms with E-state index in [-0.39, 0.29) is 5.91 Å². The molecule has 4 rings (SSSR count). The SMILES string of the molecule is CCc1nc(SCC(=O)Nc2ccc(C)cc2)c2c3c(sc2n1)CCCC3. The highest BCUT2D eigenvalue weighted by Crippen LogP contribution is 2.39. The van der Waals surface area contributed by atoms with Gasteiger partial charge in [0.1, 0.15) is 15.7 Å². The molecular formula is C21H23N3OS2. The van der Waals surface area contributed by atoms with E-state index in [1.165, 1.54) is 46.0 Å². The first-order chi connectivity index (χ1) is 13.1. The quantitative estimate of drug-likeness (QED) is 0.476. The predicted octanol–water partition coefficient (Wildman–Crippen LogP) is 5.17. The van der Waals surface area contributed by atoms with Gasteiger partial charge in [0.05, 0.1) is 5.75 Å². The fourth-order valence-electron chi connectivity index (χ4n) is 3.40. The fourth-order valence-corrected chi connectivity index (χ4v) is 5.62. The van der Waals surface area contributed by atoms with E-state index >= 15 is 0 Å². The van der Waals surface area contributed by atoms with Crippen molar-refractivity contribution >= 4 is 44.9 Å². The molecule has 0 saturated heterocycles. The van der Waals surface area contributed by atoms with Crippen LogP contribution in [-0.2, 0) is 24.1 Å². The van der Waals surface area contributed by atoms with E-state index in [1.807, 2.05) is 42.5 Å². The minimum Gasteiger partial charge on any atom is -0.325 e. The number of amides is 1. The molecule has 1 aliphatic carbocycles. The van der Waals surface area contributed by atoms with Crippen LogP contribution < -0.4 is 5.32 Å². The van der Waals surface area contributed by atoms with Gasteiger partial charge in [0.25, 0.3) is 0 Å². The lowest BCUT2D eigenvalue weighted by atomic mass is 9.97. The second-order valence-corrected chi connectivity index (χ2v) is 8.94. The molecule has 1 aliphatic rings. The topological polar surface area (TPSA) is 54.9 Å². The zero-order chi connectivity index (χ0) is 18.8. The average molecular weight is 398 g/mol. The number of benzene rings is 1. The number of thiophene rings is 1. The monoisotopic (exact) mass is 397 g/mol. The van der Waals surface area contributed by atoms with Crippen molar-refractivity contribution in [3.05, 3.63) is 46.1 Å². The van der Waals surface area contributed by atoms with Gasteiger partial charge < -0.3 is 5.32 Å². The third-order valence-corrected chi connectivity index (χ3v) is 6.98. The van der Waals surface area contributed by atoms with Crippen molar-refractivity contribution in [1.29, 1.82) is 0 Å². The molecule has 0 spiro atoms. The van der Waals surface area contributed by atoms with Crippen LogP contribution in [0, 0.1) is 6.92 Å². The number of hydrogen-bond donors (Lipinski definition) is 1. The van der Waals surface area contributed by atoms with Crippen LogP contribution in [0.3, 0.4) is 0 Å². The molecule has 4 nitrogen and oxygen atoms in total. The Morgan fingerprint density at radius 3 is 2.74 bits per heavy atom. The Labute approximate surface area is 167 Å². The summed E-state index contributed by atoms with van der Waals surface area (Å²) in [5.74, 6) is 1.22. The second-order valence-electron chi connectivity index (χ2n) is 6.89. The number of thioether (sulfide) groups is 1. The standard InChI is InChI=1S/C21H23N3OS2/c1-3-17-23-20(19-15-6-4-5-7-16(15)27-21(19)24-17)26-12-18(25)22-14-10-8-13(2)9-11-14/h8-11H,3-7,12H2,1-2H3,(H,22,25). The van der Waals surface area contributed by atoms with Gasteiger partial charge >= 0.3 is 0 Å². The third kappa shape index (κ3) is 4.01. The first-order valence-electron chi connectivity index (χ1n) is 9.44. The van der Waals surface area contributed by atoms with Crippen LogP contribution in [-0.4, -0.2) is 21.6 Å². The molecule has 0 radical (unpaired) electrons. The first-order valence-corrected chi connectivity index (χ1v) is 11.2. The van der Waals surface area contributed by atoms with Crippen LogP contribution >= 0.6 is 23.1 Å². The minimum atomic E-state index is -0.00207. The summed E-state index contributed by atoms with van der Waals surface area (Å²) in [4.78, 5) is 24.5. The lowest BCUT2D eigenvalue weighted by Crippen LogP contribution is -2.14. The van der Waals surface area contributed by atoms with Crippen molar-refractivity contribution in [2.45, 2.75) is 51.0 Å². The second kappa shape index (κ2) is 7.98. The van der Waals surface area contributed by atoms with Gasteiger partial charge in [-0.2, -0.15) is 0 Å².